The van der Waals surface area contributed by atoms with E-state index in [0.717, 1.165) is 16.7 Å². The molecule has 3 aliphatic heterocycles. The highest BCUT2D eigenvalue weighted by atomic mass is 32.2. The summed E-state index contributed by atoms with van der Waals surface area (Å²) in [5.74, 6) is -2.88. The smallest absolute Gasteiger partial charge is 0.329 e. The second kappa shape index (κ2) is 18.5. The molecule has 1 aromatic heterocycles. The minimum Gasteiger partial charge on any atom is -0.487 e. The van der Waals surface area contributed by atoms with Crippen molar-refractivity contribution in [1.82, 2.24) is 24.1 Å². The molecule has 6 aromatic rings. The number of benzene rings is 5. The standard InChI is InChI=1S/C48H48FN7O9S/c1-2-54-39-24-33(13-16-37(39)56(48(54)61)38-17-18-42(57)51-46(38)59)32-19-21-53(22-20-32)40(29-64-27-30-9-5-3-6-10-30)47(60)50-35-14-15-36-34(23-35)25-41(65-28-31-11-7-4-8-12-31)45(44(36)49)55-26-43(58)52-66(55,62)63/h3-16,23-25,32,38,40H,2,17-22,26-29H2,1H3,(H,50,60)(H,52,58)(H,51,57,59)/t38?,40-/m1/s1. The Balaban J connectivity index is 0.959. The number of aromatic nitrogens is 2. The molecule has 18 heteroatoms. The van der Waals surface area contributed by atoms with E-state index in [1.165, 1.54) is 22.8 Å². The highest BCUT2D eigenvalue weighted by Gasteiger charge is 2.39. The van der Waals surface area contributed by atoms with Gasteiger partial charge in [-0.2, -0.15) is 8.42 Å². The molecule has 2 atom stereocenters. The number of amides is 4. The fourth-order valence-corrected chi connectivity index (χ4v) is 10.4. The average molecular weight is 918 g/mol. The Morgan fingerprint density at radius 3 is 2.23 bits per heavy atom. The molecule has 3 N–H and O–H groups in total. The van der Waals surface area contributed by atoms with Crippen molar-refractivity contribution >= 4 is 67.0 Å². The number of hydrogen-bond donors (Lipinski definition) is 3. The van der Waals surface area contributed by atoms with Gasteiger partial charge >= 0.3 is 15.9 Å². The minimum absolute atomic E-state index is 0.0156. The number of fused-ring (bicyclic) bond motifs is 2. The Kier molecular flexibility index (Phi) is 12.4. The van der Waals surface area contributed by atoms with E-state index in [4.69, 9.17) is 9.47 Å². The maximum atomic E-state index is 16.5. The molecule has 0 spiro atoms. The van der Waals surface area contributed by atoms with Gasteiger partial charge in [0.2, 0.25) is 17.7 Å². The summed E-state index contributed by atoms with van der Waals surface area (Å²) in [4.78, 5) is 67.0. The summed E-state index contributed by atoms with van der Waals surface area (Å²) in [6, 6.07) is 29.2. The van der Waals surface area contributed by atoms with Gasteiger partial charge in [0.05, 0.1) is 24.2 Å². The number of likely N-dealkylation sites (tertiary alicyclic amines) is 1. The Morgan fingerprint density at radius 2 is 1.56 bits per heavy atom. The maximum Gasteiger partial charge on any atom is 0.329 e. The van der Waals surface area contributed by atoms with Crippen LogP contribution in [-0.4, -0.2) is 78.4 Å². The fourth-order valence-electron chi connectivity index (χ4n) is 9.19. The molecule has 0 saturated carbocycles. The number of imide groups is 1. The number of carbonyl (C=O) groups excluding carboxylic acids is 4. The van der Waals surface area contributed by atoms with E-state index in [1.54, 1.807) is 22.8 Å². The van der Waals surface area contributed by atoms with Crippen LogP contribution in [0.4, 0.5) is 15.8 Å². The van der Waals surface area contributed by atoms with Gasteiger partial charge in [-0.1, -0.05) is 66.7 Å². The summed E-state index contributed by atoms with van der Waals surface area (Å²) in [6.45, 7) is 3.11. The largest absolute Gasteiger partial charge is 0.487 e. The first-order valence-electron chi connectivity index (χ1n) is 21.9. The van der Waals surface area contributed by atoms with Crippen molar-refractivity contribution in [2.24, 2.45) is 0 Å². The number of rotatable bonds is 14. The summed E-state index contributed by atoms with van der Waals surface area (Å²) in [7, 11) is -4.39. The summed E-state index contributed by atoms with van der Waals surface area (Å²) >= 11 is 0. The number of hydrogen-bond acceptors (Lipinski definition) is 10. The van der Waals surface area contributed by atoms with Gasteiger partial charge in [0.25, 0.3) is 5.91 Å². The van der Waals surface area contributed by atoms with Crippen molar-refractivity contribution in [2.45, 2.75) is 70.4 Å². The number of halogens is 1. The summed E-state index contributed by atoms with van der Waals surface area (Å²) in [6.07, 6.45) is 1.81. The minimum atomic E-state index is -4.39. The van der Waals surface area contributed by atoms with Crippen molar-refractivity contribution in [1.29, 1.82) is 0 Å². The molecule has 4 heterocycles. The molecule has 3 aliphatic rings. The van der Waals surface area contributed by atoms with Gasteiger partial charge in [-0.3, -0.25) is 38.5 Å². The van der Waals surface area contributed by atoms with Crippen LogP contribution >= 0.6 is 0 Å². The number of nitrogens with zero attached hydrogens (tertiary/aromatic N) is 4. The molecule has 342 valence electrons. The van der Waals surface area contributed by atoms with Crippen molar-refractivity contribution < 1.29 is 41.5 Å². The summed E-state index contributed by atoms with van der Waals surface area (Å²) in [5.41, 5.74) is 3.74. The molecule has 0 bridgehead atoms. The van der Waals surface area contributed by atoms with Crippen LogP contribution in [0.25, 0.3) is 21.8 Å². The van der Waals surface area contributed by atoms with E-state index in [0.29, 0.717) is 58.9 Å². The lowest BCUT2D eigenvalue weighted by molar-refractivity contribution is -0.135. The van der Waals surface area contributed by atoms with Crippen molar-refractivity contribution in [3.63, 3.8) is 0 Å². The number of imidazole rings is 1. The molecule has 0 aliphatic carbocycles. The van der Waals surface area contributed by atoms with Crippen molar-refractivity contribution in [3.05, 3.63) is 136 Å². The van der Waals surface area contributed by atoms with Crippen molar-refractivity contribution in [2.75, 3.05) is 35.9 Å². The van der Waals surface area contributed by atoms with Crippen LogP contribution in [0.1, 0.15) is 61.3 Å². The zero-order valence-electron chi connectivity index (χ0n) is 36.1. The van der Waals surface area contributed by atoms with Gasteiger partial charge in [0, 0.05) is 24.0 Å². The number of ether oxygens (including phenoxy) is 2. The highest BCUT2D eigenvalue weighted by molar-refractivity contribution is 7.92. The van der Waals surface area contributed by atoms with E-state index in [-0.39, 0.29) is 67.2 Å². The lowest BCUT2D eigenvalue weighted by Crippen LogP contribution is -2.50. The first-order valence-corrected chi connectivity index (χ1v) is 23.3. The van der Waals surface area contributed by atoms with Gasteiger partial charge < -0.3 is 14.8 Å². The van der Waals surface area contributed by atoms with Crippen LogP contribution in [0.3, 0.4) is 0 Å². The molecule has 5 aromatic carbocycles. The van der Waals surface area contributed by atoms with E-state index in [2.05, 4.69) is 15.5 Å². The van der Waals surface area contributed by atoms with Gasteiger partial charge in [-0.05, 0) is 104 Å². The summed E-state index contributed by atoms with van der Waals surface area (Å²) < 4.78 is 60.3. The SMILES string of the molecule is CCn1c(=O)n(C2CCC(=O)NC2=O)c2ccc(C3CCN([C@H](COCc4ccccc4)C(=O)Nc4ccc5c(F)c(N6CC(=O)NS6(=O)=O)c(OCc6ccccc6)cc5c4)CC3)cc21. The molecule has 3 saturated heterocycles. The molecule has 16 nitrogen and oxygen atoms in total. The number of piperidine rings is 2. The molecule has 1 unspecified atom stereocenters. The van der Waals surface area contributed by atoms with Gasteiger partial charge in [-0.25, -0.2) is 18.2 Å². The molecular formula is C48H48FN7O9S. The Labute approximate surface area is 379 Å². The van der Waals surface area contributed by atoms with Crippen molar-refractivity contribution in [3.8, 4) is 5.75 Å². The second-order valence-corrected chi connectivity index (χ2v) is 18.3. The lowest BCUT2D eigenvalue weighted by Gasteiger charge is -2.37. The van der Waals surface area contributed by atoms with Gasteiger partial charge in [0.1, 0.15) is 36.7 Å². The number of carbonyl (C=O) groups is 4. The Morgan fingerprint density at radius 1 is 0.848 bits per heavy atom. The van der Waals surface area contributed by atoms with E-state index >= 15 is 4.39 Å². The molecule has 3 fully saturated rings. The first kappa shape index (κ1) is 44.3. The monoisotopic (exact) mass is 917 g/mol. The Hall–Kier alpha value is -6.89. The number of aryl methyl sites for hydroxylation is 1. The third kappa shape index (κ3) is 8.90. The zero-order valence-corrected chi connectivity index (χ0v) is 36.9. The van der Waals surface area contributed by atoms with Crippen LogP contribution in [0, 0.1) is 5.82 Å². The molecular weight excluding hydrogens is 870 g/mol. The molecule has 0 radical (unpaired) electrons. The molecule has 4 amide bonds. The van der Waals surface area contributed by atoms with Gasteiger partial charge in [0.15, 0.2) is 5.82 Å². The van der Waals surface area contributed by atoms with Crippen LogP contribution < -0.4 is 30.1 Å². The molecule has 66 heavy (non-hydrogen) atoms. The van der Waals surface area contributed by atoms with E-state index < -0.39 is 52.2 Å². The predicted octanol–water partition coefficient (Wildman–Crippen LogP) is 5.26. The Bertz CT molecular complexity index is 3030. The summed E-state index contributed by atoms with van der Waals surface area (Å²) in [5, 5.41) is 5.75. The quantitative estimate of drug-likeness (QED) is 0.122. The lowest BCUT2D eigenvalue weighted by atomic mass is 9.88. The number of nitrogens with one attached hydrogen (secondary N) is 3. The van der Waals surface area contributed by atoms with Crippen LogP contribution in [0.5, 0.6) is 5.75 Å². The van der Waals surface area contributed by atoms with Crippen LogP contribution in [0.2, 0.25) is 0 Å². The molecule has 9 rings (SSSR count). The van der Waals surface area contributed by atoms with Crippen LogP contribution in [0.15, 0.2) is 108 Å². The highest BCUT2D eigenvalue weighted by Crippen LogP contribution is 2.41. The van der Waals surface area contributed by atoms with E-state index in [9.17, 15) is 32.4 Å². The van der Waals surface area contributed by atoms with Gasteiger partial charge in [-0.15, -0.1) is 0 Å². The predicted molar refractivity (Wildman–Crippen MR) is 244 cm³/mol. The van der Waals surface area contributed by atoms with Crippen LogP contribution in [-0.2, 0) is 53.9 Å². The van der Waals surface area contributed by atoms with E-state index in [1.807, 2.05) is 78.4 Å². The maximum absolute atomic E-state index is 16.5. The number of anilines is 2. The third-order valence-corrected chi connectivity index (χ3v) is 13.9. The normalized spacial score (nSPS) is 18.4. The first-order chi connectivity index (χ1) is 31.9. The average Bonchev–Trinajstić information content (AvgIpc) is 3.75. The fraction of sp³-hybridized carbons (Fsp3) is 0.312. The second-order valence-electron chi connectivity index (χ2n) is 16.7. The topological polar surface area (TPSA) is 190 Å². The third-order valence-electron chi connectivity index (χ3n) is 12.5. The zero-order chi connectivity index (χ0) is 46.1.